The predicted molar refractivity (Wildman–Crippen MR) is 215 cm³/mol. The van der Waals surface area contributed by atoms with Gasteiger partial charge in [0.2, 0.25) is 0 Å². The molecule has 0 aliphatic rings. The average Bonchev–Trinajstić information content (AvgIpc) is 3.71. The summed E-state index contributed by atoms with van der Waals surface area (Å²) >= 11 is 0. The van der Waals surface area contributed by atoms with Gasteiger partial charge in [-0.25, -0.2) is 4.98 Å². The van der Waals surface area contributed by atoms with Crippen LogP contribution in [0, 0.1) is 19.1 Å². The summed E-state index contributed by atoms with van der Waals surface area (Å²) in [5.74, 6) is 1.50. The first-order valence-corrected chi connectivity index (χ1v) is 21.3. The maximum Gasteiger partial charge on any atom is 0.168 e. The molecule has 1 radical (unpaired) electrons. The summed E-state index contributed by atoms with van der Waals surface area (Å²) in [5.41, 5.74) is 11.2. The molecular weight excluding hydrogens is 833 g/mol. The van der Waals surface area contributed by atoms with Gasteiger partial charge >= 0.3 is 0 Å². The largest absolute Gasteiger partial charge is 0.501 e. The molecule has 0 fully saturated rings. The zero-order chi connectivity index (χ0) is 35.9. The molecule has 8 aromatic rings. The third-order valence-corrected chi connectivity index (χ3v) is 11.5. The van der Waals surface area contributed by atoms with E-state index < -0.39 is 8.07 Å². The molecule has 0 atom stereocenters. The summed E-state index contributed by atoms with van der Waals surface area (Å²) in [5, 5.41) is 3.62. The van der Waals surface area contributed by atoms with Gasteiger partial charge in [0.25, 0.3) is 0 Å². The summed E-state index contributed by atoms with van der Waals surface area (Å²) in [4.78, 5) is 14.2. The zero-order valence-corrected chi connectivity index (χ0v) is 34.5. The van der Waals surface area contributed by atoms with E-state index in [4.69, 9.17) is 9.40 Å². The Labute approximate surface area is 321 Å². The minimum Gasteiger partial charge on any atom is -0.501 e. The summed E-state index contributed by atoms with van der Waals surface area (Å²) in [6.07, 6.45) is 3.82. The van der Waals surface area contributed by atoms with E-state index in [0.29, 0.717) is 17.5 Å². The van der Waals surface area contributed by atoms with Gasteiger partial charge in [-0.3, -0.25) is 4.98 Å². The van der Waals surface area contributed by atoms with E-state index in [1.54, 1.807) is 6.20 Å². The predicted octanol–water partition coefficient (Wildman–Crippen LogP) is 11.4. The van der Waals surface area contributed by atoms with Gasteiger partial charge in [-0.15, -0.1) is 53.6 Å². The molecule has 0 unspecified atom stereocenters. The first kappa shape index (κ1) is 37.1. The Morgan fingerprint density at radius 1 is 0.769 bits per heavy atom. The fourth-order valence-corrected chi connectivity index (χ4v) is 7.76. The molecule has 0 amide bonds. The van der Waals surface area contributed by atoms with Crippen LogP contribution in [0.5, 0.6) is 0 Å². The monoisotopic (exact) mass is 877 g/mol. The first-order chi connectivity index (χ1) is 24.5. The Morgan fingerprint density at radius 2 is 1.50 bits per heavy atom. The number of furan rings is 1. The average molecular weight is 877 g/mol. The van der Waals surface area contributed by atoms with Gasteiger partial charge in [0, 0.05) is 43.6 Å². The van der Waals surface area contributed by atoms with Crippen LogP contribution in [0.25, 0.3) is 61.4 Å². The minimum atomic E-state index is -1.23. The van der Waals surface area contributed by atoms with E-state index in [1.165, 1.54) is 22.0 Å². The van der Waals surface area contributed by atoms with Crippen LogP contribution in [0.1, 0.15) is 56.2 Å². The van der Waals surface area contributed by atoms with Crippen molar-refractivity contribution in [2.75, 3.05) is 0 Å². The Kier molecular flexibility index (Phi) is 10.8. The second kappa shape index (κ2) is 15.1. The van der Waals surface area contributed by atoms with E-state index >= 15 is 0 Å². The van der Waals surface area contributed by atoms with Gasteiger partial charge in [0.15, 0.2) is 5.65 Å². The van der Waals surface area contributed by atoms with Crippen molar-refractivity contribution in [3.8, 4) is 28.3 Å². The molecule has 0 aliphatic heterocycles. The molecule has 4 heterocycles. The Hall–Kier alpha value is -4.68. The summed E-state index contributed by atoms with van der Waals surface area (Å²) in [6, 6.07) is 39.9. The van der Waals surface area contributed by atoms with Crippen LogP contribution in [0.3, 0.4) is 0 Å². The van der Waals surface area contributed by atoms with Crippen molar-refractivity contribution >= 4 is 46.4 Å². The van der Waals surface area contributed by atoms with Gasteiger partial charge in [-0.1, -0.05) is 114 Å². The van der Waals surface area contributed by atoms with Gasteiger partial charge in [-0.2, -0.15) is 0 Å². The topological polar surface area (TPSA) is 56.7 Å². The minimum absolute atomic E-state index is 0. The number of rotatable bonds is 6. The van der Waals surface area contributed by atoms with Crippen LogP contribution >= 0.6 is 0 Å². The number of imidazole rings is 1. The molecule has 0 saturated heterocycles. The summed E-state index contributed by atoms with van der Waals surface area (Å²) in [6.45, 7) is 18.1. The van der Waals surface area contributed by atoms with Gasteiger partial charge in [0.1, 0.15) is 5.58 Å². The molecule has 4 aromatic carbocycles. The number of hydrogen-bond acceptors (Lipinski definition) is 4. The summed E-state index contributed by atoms with van der Waals surface area (Å²) < 4.78 is 8.73. The molecular formula is C45H44IrN4OSi-2. The standard InChI is InChI=1S/C31H28N3O.C14H16NSi.Ir/c1-18(2)21-11-8-12-22(19(3)4)28(21)34-25-13-9-17-32-30(25)33-31(34)24-16-15-20(5)27-23-10-6-7-14-26(23)35-29(24)27;1-16(2,3)13-9-10-14(15-11-13)12-7-5-4-6-8-12;/h6-15,17-19H,1-5H3;4-7,9-11H,1-3H3;/q2*-1;. The molecule has 0 aliphatic carbocycles. The molecule has 0 spiro atoms. The van der Waals surface area contributed by atoms with E-state index in [9.17, 15) is 0 Å². The van der Waals surface area contributed by atoms with Crippen LogP contribution in [-0.4, -0.2) is 27.6 Å². The molecule has 0 N–H and O–H groups in total. The smallest absolute Gasteiger partial charge is 0.168 e. The van der Waals surface area contributed by atoms with Crippen molar-refractivity contribution in [3.05, 3.63) is 138 Å². The van der Waals surface area contributed by atoms with Crippen molar-refractivity contribution in [2.45, 2.75) is 66.1 Å². The Balaban J connectivity index is 0.000000230. The van der Waals surface area contributed by atoms with Crippen LogP contribution < -0.4 is 5.19 Å². The Bertz CT molecular complexity index is 2450. The molecule has 0 saturated carbocycles. The maximum absolute atomic E-state index is 6.46. The molecule has 52 heavy (non-hydrogen) atoms. The fraction of sp³-hybridized carbons (Fsp3) is 0.222. The number of aryl methyl sites for hydroxylation is 1. The number of aromatic nitrogens is 4. The zero-order valence-electron chi connectivity index (χ0n) is 31.1. The van der Waals surface area contributed by atoms with Gasteiger partial charge < -0.3 is 14.0 Å². The number of nitrogens with zero attached hydrogens (tertiary/aromatic N) is 4. The number of fused-ring (bicyclic) bond motifs is 4. The third-order valence-electron chi connectivity index (χ3n) is 9.48. The third kappa shape index (κ3) is 7.05. The second-order valence-electron chi connectivity index (χ2n) is 14.8. The number of hydrogen-bond donors (Lipinski definition) is 0. The van der Waals surface area contributed by atoms with Crippen LogP contribution in [0.15, 0.2) is 114 Å². The number of para-hydroxylation sites is 2. The number of benzene rings is 4. The van der Waals surface area contributed by atoms with Gasteiger partial charge in [-0.05, 0) is 52.0 Å². The molecule has 265 valence electrons. The van der Waals surface area contributed by atoms with Crippen molar-refractivity contribution < 1.29 is 24.5 Å². The van der Waals surface area contributed by atoms with Crippen molar-refractivity contribution in [1.29, 1.82) is 0 Å². The second-order valence-corrected chi connectivity index (χ2v) is 19.9. The first-order valence-electron chi connectivity index (χ1n) is 17.8. The molecule has 7 heteroatoms. The Morgan fingerprint density at radius 3 is 2.15 bits per heavy atom. The molecule has 0 bridgehead atoms. The van der Waals surface area contributed by atoms with E-state index in [1.807, 2.05) is 48.7 Å². The SMILES string of the molecule is C[Si](C)(C)c1ccc(-c2[c-]cccc2)nc1.Cc1c[c-]c(-c2nc3ncccc3n2-c2c(C(C)C)cccc2C(C)C)c2oc3ccccc3c12.[Ir]. The van der Waals surface area contributed by atoms with E-state index in [-0.39, 0.29) is 20.1 Å². The van der Waals surface area contributed by atoms with Crippen LogP contribution in [0.4, 0.5) is 0 Å². The molecule has 4 aromatic heterocycles. The summed E-state index contributed by atoms with van der Waals surface area (Å²) in [7, 11) is -1.23. The van der Waals surface area contributed by atoms with Crippen molar-refractivity contribution in [1.82, 2.24) is 19.5 Å². The molecule has 8 rings (SSSR count). The maximum atomic E-state index is 6.46. The fourth-order valence-electron chi connectivity index (χ4n) is 6.72. The van der Waals surface area contributed by atoms with Gasteiger partial charge in [0.05, 0.1) is 25.0 Å². The number of pyridine rings is 2. The van der Waals surface area contributed by atoms with E-state index in [0.717, 1.165) is 55.7 Å². The van der Waals surface area contributed by atoms with E-state index in [2.05, 4.69) is 136 Å². The molecule has 5 nitrogen and oxygen atoms in total. The normalized spacial score (nSPS) is 11.7. The quantitative estimate of drug-likeness (QED) is 0.123. The van der Waals surface area contributed by atoms with Crippen LogP contribution in [0.2, 0.25) is 19.6 Å². The van der Waals surface area contributed by atoms with Crippen molar-refractivity contribution in [3.63, 3.8) is 0 Å². The van der Waals surface area contributed by atoms with Crippen LogP contribution in [-0.2, 0) is 20.1 Å². The van der Waals surface area contributed by atoms with Crippen molar-refractivity contribution in [2.24, 2.45) is 0 Å².